The fourth-order valence-corrected chi connectivity index (χ4v) is 3.40. The van der Waals surface area contributed by atoms with E-state index in [1.54, 1.807) is 36.7 Å². The van der Waals surface area contributed by atoms with Crippen LogP contribution >= 0.6 is 34.5 Å². The number of nitrogens with zero attached hydrogens (tertiary/aromatic N) is 2. The molecular formula is C13H7Cl2N3OS. The summed E-state index contributed by atoms with van der Waals surface area (Å²) in [6.45, 7) is 0. The lowest BCUT2D eigenvalue weighted by Gasteiger charge is -2.00. The summed E-state index contributed by atoms with van der Waals surface area (Å²) in [5, 5.41) is 4.43. The van der Waals surface area contributed by atoms with Crippen molar-refractivity contribution in [3.8, 4) is 0 Å². The Labute approximate surface area is 128 Å². The van der Waals surface area contributed by atoms with Gasteiger partial charge in [0.05, 0.1) is 5.02 Å². The average molecular weight is 324 g/mol. The van der Waals surface area contributed by atoms with E-state index in [9.17, 15) is 4.79 Å². The van der Waals surface area contributed by atoms with Gasteiger partial charge in [-0.3, -0.25) is 10.1 Å². The normalized spacial score (nSPS) is 10.7. The summed E-state index contributed by atoms with van der Waals surface area (Å²) >= 11 is 13.5. The van der Waals surface area contributed by atoms with Crippen LogP contribution in [0.3, 0.4) is 0 Å². The molecule has 3 aromatic rings. The van der Waals surface area contributed by atoms with Crippen molar-refractivity contribution in [1.29, 1.82) is 0 Å². The highest BCUT2D eigenvalue weighted by Gasteiger charge is 2.18. The minimum atomic E-state index is -0.335. The molecule has 2 heterocycles. The topological polar surface area (TPSA) is 54.9 Å². The van der Waals surface area contributed by atoms with Crippen LogP contribution < -0.4 is 5.32 Å². The Morgan fingerprint density at radius 1 is 1.20 bits per heavy atom. The lowest BCUT2D eigenvalue weighted by molar-refractivity contribution is 0.103. The van der Waals surface area contributed by atoms with Crippen LogP contribution in [0.5, 0.6) is 0 Å². The first kappa shape index (κ1) is 13.3. The van der Waals surface area contributed by atoms with E-state index in [1.807, 2.05) is 0 Å². The van der Waals surface area contributed by atoms with E-state index in [-0.39, 0.29) is 11.9 Å². The van der Waals surface area contributed by atoms with Crippen LogP contribution in [-0.2, 0) is 0 Å². The molecule has 0 radical (unpaired) electrons. The standard InChI is InChI=1S/C13H7Cl2N3OS/c14-7-2-3-8-9(6-7)20-11(10(8)15)12(19)18-13-16-4-1-5-17-13/h1-6H,(H,16,17,18,19). The predicted octanol–water partition coefficient (Wildman–Crippen LogP) is 4.25. The number of carbonyl (C=O) groups excluding carboxylic acids is 1. The van der Waals surface area contributed by atoms with Gasteiger partial charge in [0.1, 0.15) is 4.88 Å². The number of amides is 1. The highest BCUT2D eigenvalue weighted by atomic mass is 35.5. The third-order valence-corrected chi connectivity index (χ3v) is 4.48. The Balaban J connectivity index is 1.97. The van der Waals surface area contributed by atoms with E-state index in [1.165, 1.54) is 11.3 Å². The summed E-state index contributed by atoms with van der Waals surface area (Å²) in [4.78, 5) is 20.5. The second-order valence-corrected chi connectivity index (χ2v) is 5.78. The van der Waals surface area contributed by atoms with E-state index in [4.69, 9.17) is 23.2 Å². The van der Waals surface area contributed by atoms with Crippen molar-refractivity contribution in [2.24, 2.45) is 0 Å². The summed E-state index contributed by atoms with van der Waals surface area (Å²) in [6.07, 6.45) is 3.10. The molecule has 2 aromatic heterocycles. The molecule has 0 spiro atoms. The van der Waals surface area contributed by atoms with Gasteiger partial charge in [0.15, 0.2) is 0 Å². The van der Waals surface area contributed by atoms with Gasteiger partial charge < -0.3 is 0 Å². The van der Waals surface area contributed by atoms with E-state index in [2.05, 4.69) is 15.3 Å². The number of fused-ring (bicyclic) bond motifs is 1. The van der Waals surface area contributed by atoms with Gasteiger partial charge in [-0.25, -0.2) is 9.97 Å². The van der Waals surface area contributed by atoms with Crippen molar-refractivity contribution in [3.05, 3.63) is 51.6 Å². The van der Waals surface area contributed by atoms with Gasteiger partial charge in [0.2, 0.25) is 5.95 Å². The average Bonchev–Trinajstić information content (AvgIpc) is 2.76. The van der Waals surface area contributed by atoms with Crippen molar-refractivity contribution >= 4 is 56.5 Å². The maximum atomic E-state index is 12.2. The molecule has 20 heavy (non-hydrogen) atoms. The van der Waals surface area contributed by atoms with Crippen molar-refractivity contribution in [2.75, 3.05) is 5.32 Å². The van der Waals surface area contributed by atoms with Crippen molar-refractivity contribution in [3.63, 3.8) is 0 Å². The van der Waals surface area contributed by atoms with E-state index in [0.29, 0.717) is 14.9 Å². The first-order valence-electron chi connectivity index (χ1n) is 5.61. The van der Waals surface area contributed by atoms with Crippen molar-refractivity contribution in [1.82, 2.24) is 9.97 Å². The number of benzene rings is 1. The summed E-state index contributed by atoms with van der Waals surface area (Å²) < 4.78 is 0.863. The molecule has 0 unspecified atom stereocenters. The molecular weight excluding hydrogens is 317 g/mol. The zero-order chi connectivity index (χ0) is 14.1. The molecule has 1 aromatic carbocycles. The molecule has 0 atom stereocenters. The van der Waals surface area contributed by atoms with Crippen molar-refractivity contribution in [2.45, 2.75) is 0 Å². The number of thiophene rings is 1. The number of hydrogen-bond acceptors (Lipinski definition) is 4. The number of anilines is 1. The molecule has 0 aliphatic rings. The fraction of sp³-hybridized carbons (Fsp3) is 0. The molecule has 100 valence electrons. The molecule has 7 heteroatoms. The lowest BCUT2D eigenvalue weighted by atomic mass is 10.2. The second kappa shape index (κ2) is 5.36. The quantitative estimate of drug-likeness (QED) is 0.767. The Hall–Kier alpha value is -1.69. The number of hydrogen-bond donors (Lipinski definition) is 1. The van der Waals surface area contributed by atoms with Crippen LogP contribution in [0.25, 0.3) is 10.1 Å². The third-order valence-electron chi connectivity index (χ3n) is 2.59. The van der Waals surface area contributed by atoms with E-state index < -0.39 is 0 Å². The Morgan fingerprint density at radius 3 is 2.70 bits per heavy atom. The summed E-state index contributed by atoms with van der Waals surface area (Å²) in [5.41, 5.74) is 0. The zero-order valence-electron chi connectivity index (χ0n) is 9.93. The van der Waals surface area contributed by atoms with Gasteiger partial charge in [0, 0.05) is 27.5 Å². The Kier molecular flexibility index (Phi) is 3.56. The van der Waals surface area contributed by atoms with Gasteiger partial charge in [-0.05, 0) is 18.2 Å². The van der Waals surface area contributed by atoms with Crippen LogP contribution in [0.1, 0.15) is 9.67 Å². The van der Waals surface area contributed by atoms with Gasteiger partial charge in [0.25, 0.3) is 5.91 Å². The number of rotatable bonds is 2. The molecule has 4 nitrogen and oxygen atoms in total. The highest BCUT2D eigenvalue weighted by Crippen LogP contribution is 2.36. The smallest absolute Gasteiger partial charge is 0.269 e. The van der Waals surface area contributed by atoms with Crippen LogP contribution in [-0.4, -0.2) is 15.9 Å². The molecule has 0 saturated heterocycles. The Morgan fingerprint density at radius 2 is 1.95 bits per heavy atom. The molecule has 0 aliphatic carbocycles. The SMILES string of the molecule is O=C(Nc1ncccn1)c1sc2cc(Cl)ccc2c1Cl. The molecule has 0 bridgehead atoms. The highest BCUT2D eigenvalue weighted by molar-refractivity contribution is 7.21. The van der Waals surface area contributed by atoms with Crippen molar-refractivity contribution < 1.29 is 4.79 Å². The van der Waals surface area contributed by atoms with Crippen LogP contribution in [0.4, 0.5) is 5.95 Å². The van der Waals surface area contributed by atoms with Gasteiger partial charge in [-0.1, -0.05) is 29.3 Å². The zero-order valence-corrected chi connectivity index (χ0v) is 12.3. The molecule has 1 amide bonds. The van der Waals surface area contributed by atoms with Gasteiger partial charge >= 0.3 is 0 Å². The minimum Gasteiger partial charge on any atom is -0.290 e. The van der Waals surface area contributed by atoms with Crippen LogP contribution in [0.15, 0.2) is 36.7 Å². The third kappa shape index (κ3) is 2.47. The first-order chi connectivity index (χ1) is 9.65. The molecule has 1 N–H and O–H groups in total. The molecule has 0 saturated carbocycles. The molecule has 3 rings (SSSR count). The number of halogens is 2. The Bertz CT molecular complexity index is 789. The van der Waals surface area contributed by atoms with Gasteiger partial charge in [-0.15, -0.1) is 11.3 Å². The van der Waals surface area contributed by atoms with Gasteiger partial charge in [-0.2, -0.15) is 0 Å². The maximum Gasteiger partial charge on any atom is 0.269 e. The maximum absolute atomic E-state index is 12.2. The number of nitrogens with one attached hydrogen (secondary N) is 1. The predicted molar refractivity (Wildman–Crippen MR) is 81.8 cm³/mol. The summed E-state index contributed by atoms with van der Waals surface area (Å²) in [6, 6.07) is 6.99. The summed E-state index contributed by atoms with van der Waals surface area (Å²) in [7, 11) is 0. The fourth-order valence-electron chi connectivity index (χ4n) is 1.71. The largest absolute Gasteiger partial charge is 0.290 e. The first-order valence-corrected chi connectivity index (χ1v) is 7.18. The lowest BCUT2D eigenvalue weighted by Crippen LogP contribution is -2.12. The molecule has 0 aliphatic heterocycles. The van der Waals surface area contributed by atoms with Crippen LogP contribution in [0.2, 0.25) is 10.0 Å². The molecule has 0 fully saturated rings. The monoisotopic (exact) mass is 323 g/mol. The summed E-state index contributed by atoms with van der Waals surface area (Å²) in [5.74, 6) is -0.0948. The van der Waals surface area contributed by atoms with Crippen LogP contribution in [0, 0.1) is 0 Å². The number of aromatic nitrogens is 2. The second-order valence-electron chi connectivity index (χ2n) is 3.91. The minimum absolute atomic E-state index is 0.240. The van der Waals surface area contributed by atoms with E-state index >= 15 is 0 Å². The van der Waals surface area contributed by atoms with E-state index in [0.717, 1.165) is 10.1 Å². The number of carbonyl (C=O) groups is 1.